The fraction of sp³-hybridized carbons (Fsp3) is 0.471. The first kappa shape index (κ1) is 17.2. The van der Waals surface area contributed by atoms with E-state index in [0.29, 0.717) is 13.0 Å². The van der Waals surface area contributed by atoms with Gasteiger partial charge in [-0.1, -0.05) is 18.2 Å². The maximum Gasteiger partial charge on any atom is 0.387 e. The van der Waals surface area contributed by atoms with Gasteiger partial charge < -0.3 is 14.8 Å². The number of nitrogens with one attached hydrogen (secondary N) is 1. The molecule has 0 unspecified atom stereocenters. The van der Waals surface area contributed by atoms with Crippen LogP contribution in [0.1, 0.15) is 24.8 Å². The Balaban J connectivity index is 1.85. The van der Waals surface area contributed by atoms with Crippen LogP contribution in [0.15, 0.2) is 30.4 Å². The highest BCUT2D eigenvalue weighted by molar-refractivity contribution is 5.78. The van der Waals surface area contributed by atoms with Crippen LogP contribution in [-0.2, 0) is 11.2 Å². The van der Waals surface area contributed by atoms with Gasteiger partial charge in [0.15, 0.2) is 11.5 Å². The quantitative estimate of drug-likeness (QED) is 0.783. The fourth-order valence-electron chi connectivity index (χ4n) is 2.57. The molecule has 126 valence electrons. The molecule has 1 aliphatic rings. The number of amides is 1. The number of hydrogen-bond donors (Lipinski definition) is 1. The third-order valence-electron chi connectivity index (χ3n) is 3.80. The van der Waals surface area contributed by atoms with Crippen molar-refractivity contribution in [1.82, 2.24) is 5.32 Å². The lowest BCUT2D eigenvalue weighted by Gasteiger charge is -2.17. The first-order valence-electron chi connectivity index (χ1n) is 7.64. The van der Waals surface area contributed by atoms with Crippen molar-refractivity contribution < 1.29 is 23.0 Å². The molecule has 0 fully saturated rings. The third-order valence-corrected chi connectivity index (χ3v) is 3.80. The van der Waals surface area contributed by atoms with Gasteiger partial charge in [-0.2, -0.15) is 8.78 Å². The van der Waals surface area contributed by atoms with Gasteiger partial charge in [-0.15, -0.1) is 0 Å². The second kappa shape index (κ2) is 8.50. The van der Waals surface area contributed by atoms with Crippen LogP contribution in [0.3, 0.4) is 0 Å². The molecule has 0 aliphatic heterocycles. The van der Waals surface area contributed by atoms with Crippen molar-refractivity contribution in [2.75, 3.05) is 13.7 Å². The van der Waals surface area contributed by atoms with Crippen LogP contribution >= 0.6 is 0 Å². The van der Waals surface area contributed by atoms with Crippen molar-refractivity contribution in [3.05, 3.63) is 35.9 Å². The molecule has 0 saturated heterocycles. The van der Waals surface area contributed by atoms with Gasteiger partial charge in [-0.05, 0) is 43.4 Å². The summed E-state index contributed by atoms with van der Waals surface area (Å²) >= 11 is 0. The van der Waals surface area contributed by atoms with Crippen molar-refractivity contribution >= 4 is 5.91 Å². The van der Waals surface area contributed by atoms with E-state index < -0.39 is 6.61 Å². The Labute approximate surface area is 134 Å². The molecule has 0 saturated carbocycles. The van der Waals surface area contributed by atoms with Crippen molar-refractivity contribution in [2.45, 2.75) is 32.3 Å². The zero-order valence-electron chi connectivity index (χ0n) is 13.1. The van der Waals surface area contributed by atoms with Crippen LogP contribution < -0.4 is 14.8 Å². The summed E-state index contributed by atoms with van der Waals surface area (Å²) in [4.78, 5) is 12.0. The van der Waals surface area contributed by atoms with E-state index in [9.17, 15) is 13.6 Å². The van der Waals surface area contributed by atoms with E-state index in [1.165, 1.54) is 13.2 Å². The molecular formula is C17H21F2NO3. The van der Waals surface area contributed by atoms with E-state index in [0.717, 1.165) is 24.8 Å². The summed E-state index contributed by atoms with van der Waals surface area (Å²) < 4.78 is 34.0. The minimum Gasteiger partial charge on any atom is -0.493 e. The Morgan fingerprint density at radius 1 is 1.35 bits per heavy atom. The molecule has 0 bridgehead atoms. The number of alkyl halides is 2. The lowest BCUT2D eigenvalue weighted by molar-refractivity contribution is -0.125. The summed E-state index contributed by atoms with van der Waals surface area (Å²) in [6, 6.07) is 4.79. The number of benzene rings is 1. The van der Waals surface area contributed by atoms with Crippen LogP contribution in [0.2, 0.25) is 0 Å². The highest BCUT2D eigenvalue weighted by Gasteiger charge is 2.18. The average Bonchev–Trinajstić information content (AvgIpc) is 2.56. The van der Waals surface area contributed by atoms with E-state index in [1.807, 2.05) is 6.08 Å². The highest BCUT2D eigenvalue weighted by atomic mass is 19.3. The van der Waals surface area contributed by atoms with Gasteiger partial charge in [0.25, 0.3) is 0 Å². The molecule has 1 atom stereocenters. The Morgan fingerprint density at radius 2 is 2.17 bits per heavy atom. The van der Waals surface area contributed by atoms with Gasteiger partial charge in [-0.25, -0.2) is 0 Å². The normalized spacial score (nSPS) is 17.1. The third kappa shape index (κ3) is 5.23. The van der Waals surface area contributed by atoms with Gasteiger partial charge in [0.2, 0.25) is 5.91 Å². The van der Waals surface area contributed by atoms with Crippen molar-refractivity contribution in [3.8, 4) is 11.5 Å². The van der Waals surface area contributed by atoms with Gasteiger partial charge in [-0.3, -0.25) is 4.79 Å². The largest absolute Gasteiger partial charge is 0.493 e. The second-order valence-electron chi connectivity index (χ2n) is 5.39. The fourth-order valence-corrected chi connectivity index (χ4v) is 2.57. The van der Waals surface area contributed by atoms with Crippen LogP contribution in [0.4, 0.5) is 8.78 Å². The van der Waals surface area contributed by atoms with Crippen LogP contribution in [0, 0.1) is 5.92 Å². The minimum atomic E-state index is -2.89. The number of carbonyl (C=O) groups excluding carboxylic acids is 1. The van der Waals surface area contributed by atoms with Crippen LogP contribution in [0.25, 0.3) is 0 Å². The summed E-state index contributed by atoms with van der Waals surface area (Å²) in [5.41, 5.74) is 0.882. The monoisotopic (exact) mass is 325 g/mol. The number of hydrogen-bond acceptors (Lipinski definition) is 3. The molecule has 4 nitrogen and oxygen atoms in total. The first-order valence-corrected chi connectivity index (χ1v) is 7.64. The Kier molecular flexibility index (Phi) is 6.38. The van der Waals surface area contributed by atoms with E-state index in [2.05, 4.69) is 16.1 Å². The molecule has 23 heavy (non-hydrogen) atoms. The number of allylic oxidation sites excluding steroid dienone is 2. The van der Waals surface area contributed by atoms with Gasteiger partial charge in [0.05, 0.1) is 7.11 Å². The number of rotatable bonds is 7. The van der Waals surface area contributed by atoms with E-state index in [4.69, 9.17) is 4.74 Å². The van der Waals surface area contributed by atoms with Gasteiger partial charge in [0.1, 0.15) is 0 Å². The maximum atomic E-state index is 12.3. The topological polar surface area (TPSA) is 47.6 Å². The first-order chi connectivity index (χ1) is 11.1. The standard InChI is InChI=1S/C17H21F2NO3/c1-22-15-11-12(7-8-14(15)23-17(18)19)9-10-20-16(21)13-5-3-2-4-6-13/h2-3,7-8,11,13,17H,4-6,9-10H2,1H3,(H,20,21)/t13-/m1/s1. The maximum absolute atomic E-state index is 12.3. The molecule has 0 radical (unpaired) electrons. The molecule has 0 heterocycles. The number of carbonyl (C=O) groups is 1. The molecule has 1 aromatic carbocycles. The van der Waals surface area contributed by atoms with Crippen LogP contribution in [0.5, 0.6) is 11.5 Å². The molecule has 1 amide bonds. The molecule has 2 rings (SSSR count). The summed E-state index contributed by atoms with van der Waals surface area (Å²) in [5, 5.41) is 2.92. The minimum absolute atomic E-state index is 0.00396. The summed E-state index contributed by atoms with van der Waals surface area (Å²) in [6.07, 6.45) is 7.36. The molecular weight excluding hydrogens is 304 g/mol. The van der Waals surface area contributed by atoms with Crippen molar-refractivity contribution in [2.24, 2.45) is 5.92 Å². The highest BCUT2D eigenvalue weighted by Crippen LogP contribution is 2.29. The van der Waals surface area contributed by atoms with E-state index in [-0.39, 0.29) is 23.3 Å². The summed E-state index contributed by atoms with van der Waals surface area (Å²) in [5.74, 6) is 0.381. The molecule has 1 aromatic rings. The lowest BCUT2D eigenvalue weighted by atomic mass is 9.93. The molecule has 1 N–H and O–H groups in total. The smallest absolute Gasteiger partial charge is 0.387 e. The predicted octanol–water partition coefficient (Wildman–Crippen LogP) is 3.31. The SMILES string of the molecule is COc1cc(CCNC(=O)[C@@H]2CC=CCC2)ccc1OC(F)F. The van der Waals surface area contributed by atoms with Gasteiger partial charge >= 0.3 is 6.61 Å². The Bertz CT molecular complexity index is 561. The second-order valence-corrected chi connectivity index (χ2v) is 5.39. The van der Waals surface area contributed by atoms with Crippen molar-refractivity contribution in [3.63, 3.8) is 0 Å². The molecule has 6 heteroatoms. The summed E-state index contributed by atoms with van der Waals surface area (Å²) in [7, 11) is 1.40. The number of methoxy groups -OCH3 is 1. The predicted molar refractivity (Wildman–Crippen MR) is 82.8 cm³/mol. The molecule has 0 aromatic heterocycles. The zero-order valence-corrected chi connectivity index (χ0v) is 13.1. The van der Waals surface area contributed by atoms with Gasteiger partial charge in [0, 0.05) is 12.5 Å². The Hall–Kier alpha value is -2.11. The van der Waals surface area contributed by atoms with Crippen molar-refractivity contribution in [1.29, 1.82) is 0 Å². The Morgan fingerprint density at radius 3 is 2.83 bits per heavy atom. The van der Waals surface area contributed by atoms with E-state index >= 15 is 0 Å². The lowest BCUT2D eigenvalue weighted by Crippen LogP contribution is -2.32. The number of halogens is 2. The molecule has 0 spiro atoms. The average molecular weight is 325 g/mol. The number of ether oxygens (including phenoxy) is 2. The zero-order chi connectivity index (χ0) is 16.7. The molecule has 1 aliphatic carbocycles. The van der Waals surface area contributed by atoms with E-state index in [1.54, 1.807) is 12.1 Å². The van der Waals surface area contributed by atoms with Crippen LogP contribution in [-0.4, -0.2) is 26.2 Å². The summed E-state index contributed by atoms with van der Waals surface area (Å²) in [6.45, 7) is -2.39.